The standard InChI is InChI=1S/C10H14N3/c1-2-7(1)5-8-3-4-9-10(12-8)6-11-13-9/h6-8,12H,1-5H2. The zero-order valence-corrected chi connectivity index (χ0v) is 7.66. The first-order chi connectivity index (χ1) is 6.42. The number of nitrogens with one attached hydrogen (secondary N) is 1. The van der Waals surface area contributed by atoms with Crippen molar-refractivity contribution in [3.8, 4) is 0 Å². The van der Waals surface area contributed by atoms with E-state index in [4.69, 9.17) is 0 Å². The molecule has 1 radical (unpaired) electrons. The highest BCUT2D eigenvalue weighted by atomic mass is 15.3. The molecule has 3 nitrogen and oxygen atoms in total. The van der Waals surface area contributed by atoms with Crippen LogP contribution in [0.25, 0.3) is 0 Å². The third kappa shape index (κ3) is 1.43. The first-order valence-electron chi connectivity index (χ1n) is 5.15. The highest BCUT2D eigenvalue weighted by Gasteiger charge is 2.29. The Morgan fingerprint density at radius 2 is 2.31 bits per heavy atom. The summed E-state index contributed by atoms with van der Waals surface area (Å²) < 4.78 is 0. The molecule has 13 heavy (non-hydrogen) atoms. The van der Waals surface area contributed by atoms with Crippen LogP contribution in [0, 0.1) is 5.92 Å². The van der Waals surface area contributed by atoms with Gasteiger partial charge in [0.2, 0.25) is 0 Å². The average molecular weight is 176 g/mol. The molecule has 0 amide bonds. The lowest BCUT2D eigenvalue weighted by atomic mass is 9.97. The van der Waals surface area contributed by atoms with Gasteiger partial charge in [-0.1, -0.05) is 12.8 Å². The zero-order valence-electron chi connectivity index (χ0n) is 7.66. The molecule has 0 bridgehead atoms. The van der Waals surface area contributed by atoms with E-state index in [1.807, 2.05) is 6.20 Å². The zero-order chi connectivity index (χ0) is 8.67. The molecule has 0 aromatic carbocycles. The van der Waals surface area contributed by atoms with Crippen molar-refractivity contribution in [1.29, 1.82) is 0 Å². The van der Waals surface area contributed by atoms with Crippen molar-refractivity contribution >= 4 is 5.71 Å². The van der Waals surface area contributed by atoms with E-state index in [1.165, 1.54) is 31.4 Å². The fourth-order valence-electron chi connectivity index (χ4n) is 2.13. The summed E-state index contributed by atoms with van der Waals surface area (Å²) in [5.41, 5.74) is 6.26. The molecule has 2 heterocycles. The van der Waals surface area contributed by atoms with Crippen LogP contribution in [0.1, 0.15) is 32.1 Å². The van der Waals surface area contributed by atoms with Gasteiger partial charge in [0.15, 0.2) is 0 Å². The molecule has 1 aliphatic carbocycles. The first kappa shape index (κ1) is 7.42. The third-order valence-electron chi connectivity index (χ3n) is 3.08. The molecular weight excluding hydrogens is 162 g/mol. The minimum Gasteiger partial charge on any atom is -0.379 e. The summed E-state index contributed by atoms with van der Waals surface area (Å²) in [4.78, 5) is 0. The van der Waals surface area contributed by atoms with Crippen LogP contribution >= 0.6 is 0 Å². The van der Waals surface area contributed by atoms with Gasteiger partial charge in [0.1, 0.15) is 0 Å². The molecule has 1 saturated heterocycles. The van der Waals surface area contributed by atoms with Crippen LogP contribution in [0.15, 0.2) is 17.0 Å². The van der Waals surface area contributed by atoms with E-state index in [-0.39, 0.29) is 0 Å². The summed E-state index contributed by atoms with van der Waals surface area (Å²) in [7, 11) is 0. The van der Waals surface area contributed by atoms with Crippen molar-refractivity contribution < 1.29 is 0 Å². The second-order valence-electron chi connectivity index (χ2n) is 4.26. The Balaban J connectivity index is 1.64. The molecule has 2 aliphatic heterocycles. The molecule has 1 atom stereocenters. The van der Waals surface area contributed by atoms with Gasteiger partial charge in [0.25, 0.3) is 0 Å². The van der Waals surface area contributed by atoms with Crippen molar-refractivity contribution in [3.05, 3.63) is 11.9 Å². The van der Waals surface area contributed by atoms with Gasteiger partial charge in [-0.3, -0.25) is 0 Å². The van der Waals surface area contributed by atoms with Gasteiger partial charge < -0.3 is 5.32 Å². The van der Waals surface area contributed by atoms with Crippen molar-refractivity contribution in [2.45, 2.75) is 38.1 Å². The van der Waals surface area contributed by atoms with Crippen molar-refractivity contribution in [2.75, 3.05) is 0 Å². The lowest BCUT2D eigenvalue weighted by molar-refractivity contribution is 0.466. The van der Waals surface area contributed by atoms with Gasteiger partial charge in [0, 0.05) is 6.04 Å². The van der Waals surface area contributed by atoms with E-state index in [1.54, 1.807) is 0 Å². The highest BCUT2D eigenvalue weighted by molar-refractivity contribution is 6.01. The Morgan fingerprint density at radius 3 is 3.15 bits per heavy atom. The lowest BCUT2D eigenvalue weighted by Crippen LogP contribution is -2.36. The van der Waals surface area contributed by atoms with E-state index >= 15 is 0 Å². The summed E-state index contributed by atoms with van der Waals surface area (Å²) in [6.07, 6.45) is 8.45. The topological polar surface area (TPSA) is 38.5 Å². The van der Waals surface area contributed by atoms with Crippen LogP contribution in [0.3, 0.4) is 0 Å². The van der Waals surface area contributed by atoms with Crippen molar-refractivity contribution in [2.24, 2.45) is 11.0 Å². The molecule has 3 heteroatoms. The van der Waals surface area contributed by atoms with Gasteiger partial charge in [0.05, 0.1) is 17.6 Å². The summed E-state index contributed by atoms with van der Waals surface area (Å²) in [6.45, 7) is 0. The maximum atomic E-state index is 4.07. The number of nitrogens with zero attached hydrogens (tertiary/aromatic N) is 2. The SMILES string of the molecule is C1=C2NC(CC3CC3)CCC2=N[N]1. The molecule has 1 N–H and O–H groups in total. The van der Waals surface area contributed by atoms with Crippen molar-refractivity contribution in [3.63, 3.8) is 0 Å². The fourth-order valence-corrected chi connectivity index (χ4v) is 2.13. The molecule has 1 saturated carbocycles. The van der Waals surface area contributed by atoms with E-state index < -0.39 is 0 Å². The molecule has 0 spiro atoms. The van der Waals surface area contributed by atoms with E-state index in [2.05, 4.69) is 15.8 Å². The summed E-state index contributed by atoms with van der Waals surface area (Å²) in [5, 5.41) is 7.60. The highest BCUT2D eigenvalue weighted by Crippen LogP contribution is 2.35. The first-order valence-corrected chi connectivity index (χ1v) is 5.15. The Hall–Kier alpha value is -0.990. The monoisotopic (exact) mass is 176 g/mol. The summed E-state index contributed by atoms with van der Waals surface area (Å²) in [6, 6.07) is 0.686. The number of piperidine rings is 1. The number of rotatable bonds is 2. The third-order valence-corrected chi connectivity index (χ3v) is 3.08. The minimum atomic E-state index is 0.686. The van der Waals surface area contributed by atoms with Gasteiger partial charge in [-0.2, -0.15) is 10.5 Å². The summed E-state index contributed by atoms with van der Waals surface area (Å²) >= 11 is 0. The maximum Gasteiger partial charge on any atom is 0.0878 e. The second-order valence-corrected chi connectivity index (χ2v) is 4.26. The van der Waals surface area contributed by atoms with Gasteiger partial charge in [-0.25, -0.2) is 0 Å². The Labute approximate surface area is 78.3 Å². The Kier molecular flexibility index (Phi) is 1.57. The summed E-state index contributed by atoms with van der Waals surface area (Å²) in [5.74, 6) is 1.01. The predicted octanol–water partition coefficient (Wildman–Crippen LogP) is 1.35. The fraction of sp³-hybridized carbons (Fsp3) is 0.700. The maximum absolute atomic E-state index is 4.07. The van der Waals surface area contributed by atoms with Crippen LogP contribution in [0.4, 0.5) is 0 Å². The van der Waals surface area contributed by atoms with Crippen LogP contribution < -0.4 is 10.7 Å². The molecular formula is C10H14N3. The van der Waals surface area contributed by atoms with Crippen LogP contribution in [-0.2, 0) is 0 Å². The molecule has 2 fully saturated rings. The van der Waals surface area contributed by atoms with E-state index in [0.717, 1.165) is 18.1 Å². The normalized spacial score (nSPS) is 31.2. The van der Waals surface area contributed by atoms with E-state index in [9.17, 15) is 0 Å². The largest absolute Gasteiger partial charge is 0.379 e. The predicted molar refractivity (Wildman–Crippen MR) is 51.2 cm³/mol. The molecule has 69 valence electrons. The molecule has 3 rings (SSSR count). The quantitative estimate of drug-likeness (QED) is 0.677. The number of allylic oxidation sites excluding steroid dienone is 1. The molecule has 3 aliphatic rings. The molecule has 0 aromatic rings. The van der Waals surface area contributed by atoms with Crippen LogP contribution in [-0.4, -0.2) is 11.8 Å². The Morgan fingerprint density at radius 1 is 1.38 bits per heavy atom. The van der Waals surface area contributed by atoms with Gasteiger partial charge in [-0.05, 0) is 25.2 Å². The lowest BCUT2D eigenvalue weighted by Gasteiger charge is -2.25. The molecule has 1 unspecified atom stereocenters. The second kappa shape index (κ2) is 2.76. The van der Waals surface area contributed by atoms with Crippen LogP contribution in [0.2, 0.25) is 0 Å². The molecule has 0 aromatic heterocycles. The number of hydrogen-bond acceptors (Lipinski definition) is 2. The number of hydrogen-bond donors (Lipinski definition) is 1. The van der Waals surface area contributed by atoms with Crippen LogP contribution in [0.5, 0.6) is 0 Å². The van der Waals surface area contributed by atoms with E-state index in [0.29, 0.717) is 6.04 Å². The van der Waals surface area contributed by atoms with Gasteiger partial charge in [-0.15, -0.1) is 0 Å². The van der Waals surface area contributed by atoms with Gasteiger partial charge >= 0.3 is 0 Å². The smallest absolute Gasteiger partial charge is 0.0878 e. The minimum absolute atomic E-state index is 0.686. The number of fused-ring (bicyclic) bond motifs is 1. The average Bonchev–Trinajstić information content (AvgIpc) is 2.83. The Bertz CT molecular complexity index is 276. The van der Waals surface area contributed by atoms with Crippen molar-refractivity contribution in [1.82, 2.24) is 10.7 Å².